The van der Waals surface area contributed by atoms with E-state index in [-0.39, 0.29) is 0 Å². The lowest BCUT2D eigenvalue weighted by molar-refractivity contribution is 0.177. The van der Waals surface area contributed by atoms with Crippen LogP contribution in [0, 0.1) is 6.92 Å². The molecule has 31 heavy (non-hydrogen) atoms. The summed E-state index contributed by atoms with van der Waals surface area (Å²) in [6.07, 6.45) is 2.25. The van der Waals surface area contributed by atoms with Crippen LogP contribution in [0.15, 0.2) is 12.1 Å². The molecule has 0 amide bonds. The third kappa shape index (κ3) is 5.77. The summed E-state index contributed by atoms with van der Waals surface area (Å²) in [6.45, 7) is 13.8. The first-order chi connectivity index (χ1) is 14.8. The molecule has 1 fully saturated rings. The number of piperidine rings is 1. The number of methoxy groups -OCH3 is 1. The van der Waals surface area contributed by atoms with Crippen LogP contribution in [0.2, 0.25) is 0 Å². The molecule has 1 aliphatic heterocycles. The van der Waals surface area contributed by atoms with Crippen molar-refractivity contribution >= 4 is 22.7 Å². The Labute approximate surface area is 187 Å². The van der Waals surface area contributed by atoms with Crippen LogP contribution in [0.25, 0.3) is 10.9 Å². The number of aryl methyl sites for hydroxylation is 1. The van der Waals surface area contributed by atoms with Crippen molar-refractivity contribution in [2.75, 3.05) is 64.1 Å². The maximum atomic E-state index is 5.60. The zero-order chi connectivity index (χ0) is 22.5. The average molecular weight is 429 g/mol. The molecule has 172 valence electrons. The van der Waals surface area contributed by atoms with Gasteiger partial charge in [-0.15, -0.1) is 0 Å². The van der Waals surface area contributed by atoms with Gasteiger partial charge in [0.1, 0.15) is 11.6 Å². The van der Waals surface area contributed by atoms with Gasteiger partial charge in [0.2, 0.25) is 5.95 Å². The molecule has 2 aromatic rings. The van der Waals surface area contributed by atoms with Gasteiger partial charge in [0.15, 0.2) is 0 Å². The zero-order valence-electron chi connectivity index (χ0n) is 20.4. The van der Waals surface area contributed by atoms with Crippen LogP contribution in [-0.2, 0) is 0 Å². The summed E-state index contributed by atoms with van der Waals surface area (Å²) in [5.74, 6) is 2.59. The van der Waals surface area contributed by atoms with Gasteiger partial charge in [-0.25, -0.2) is 4.98 Å². The molecule has 0 unspecified atom stereocenters. The molecular formula is C24H40N6O. The van der Waals surface area contributed by atoms with Crippen LogP contribution in [0.3, 0.4) is 0 Å². The Balaban J connectivity index is 1.94. The van der Waals surface area contributed by atoms with Crippen LogP contribution in [0.1, 0.15) is 39.2 Å². The first-order valence-corrected chi connectivity index (χ1v) is 11.6. The molecule has 2 heterocycles. The van der Waals surface area contributed by atoms with E-state index in [0.717, 1.165) is 79.5 Å². The van der Waals surface area contributed by atoms with E-state index in [9.17, 15) is 0 Å². The summed E-state index contributed by atoms with van der Waals surface area (Å²) in [5.41, 5.74) is 2.06. The number of rotatable bonds is 9. The van der Waals surface area contributed by atoms with Gasteiger partial charge in [-0.05, 0) is 72.3 Å². The molecule has 1 aliphatic rings. The fourth-order valence-electron chi connectivity index (χ4n) is 4.19. The van der Waals surface area contributed by atoms with Crippen LogP contribution in [0.4, 0.5) is 11.8 Å². The topological polar surface area (TPSA) is 56.8 Å². The smallest absolute Gasteiger partial charge is 0.227 e. The first-order valence-electron chi connectivity index (χ1n) is 11.6. The Morgan fingerprint density at radius 1 is 1.16 bits per heavy atom. The lowest BCUT2D eigenvalue weighted by atomic mass is 10.0. The highest BCUT2D eigenvalue weighted by atomic mass is 16.5. The SMILES string of the molecule is CCN(CCN(C)C)c1nc(NC2CCN(C(C)C)CC2)c2cc(OC)c(C)cc2n1. The Hall–Kier alpha value is -2.12. The van der Waals surface area contributed by atoms with Crippen molar-refractivity contribution in [2.45, 2.75) is 52.6 Å². The van der Waals surface area contributed by atoms with E-state index < -0.39 is 0 Å². The van der Waals surface area contributed by atoms with Gasteiger partial charge in [-0.1, -0.05) is 0 Å². The number of fused-ring (bicyclic) bond motifs is 1. The third-order valence-electron chi connectivity index (χ3n) is 6.28. The predicted octanol–water partition coefficient (Wildman–Crippen LogP) is 3.62. The molecule has 7 heteroatoms. The Morgan fingerprint density at radius 3 is 2.45 bits per heavy atom. The van der Waals surface area contributed by atoms with Crippen molar-refractivity contribution in [3.8, 4) is 5.75 Å². The fraction of sp³-hybridized carbons (Fsp3) is 0.667. The maximum absolute atomic E-state index is 5.60. The zero-order valence-corrected chi connectivity index (χ0v) is 20.4. The van der Waals surface area contributed by atoms with Gasteiger partial charge in [-0.2, -0.15) is 4.98 Å². The summed E-state index contributed by atoms with van der Waals surface area (Å²) < 4.78 is 5.60. The van der Waals surface area contributed by atoms with Crippen molar-refractivity contribution in [3.05, 3.63) is 17.7 Å². The second-order valence-corrected chi connectivity index (χ2v) is 9.14. The monoisotopic (exact) mass is 428 g/mol. The van der Waals surface area contributed by atoms with Gasteiger partial charge in [-0.3, -0.25) is 0 Å². The van der Waals surface area contributed by atoms with Crippen LogP contribution in [-0.4, -0.2) is 85.8 Å². The molecule has 7 nitrogen and oxygen atoms in total. The van der Waals surface area contributed by atoms with Gasteiger partial charge >= 0.3 is 0 Å². The minimum Gasteiger partial charge on any atom is -0.496 e. The van der Waals surface area contributed by atoms with E-state index in [2.05, 4.69) is 73.9 Å². The van der Waals surface area contributed by atoms with Crippen molar-refractivity contribution in [2.24, 2.45) is 0 Å². The second-order valence-electron chi connectivity index (χ2n) is 9.14. The second kappa shape index (κ2) is 10.5. The molecule has 0 saturated carbocycles. The summed E-state index contributed by atoms with van der Waals surface area (Å²) >= 11 is 0. The average Bonchev–Trinajstić information content (AvgIpc) is 2.74. The number of likely N-dealkylation sites (tertiary alicyclic amines) is 1. The molecule has 0 aliphatic carbocycles. The van der Waals surface area contributed by atoms with Crippen LogP contribution in [0.5, 0.6) is 5.75 Å². The number of hydrogen-bond donors (Lipinski definition) is 1. The summed E-state index contributed by atoms with van der Waals surface area (Å²) in [6, 6.07) is 5.22. The molecule has 1 aromatic carbocycles. The lowest BCUT2D eigenvalue weighted by Crippen LogP contribution is -2.42. The fourth-order valence-corrected chi connectivity index (χ4v) is 4.19. The van der Waals surface area contributed by atoms with E-state index in [1.54, 1.807) is 7.11 Å². The molecule has 1 saturated heterocycles. The summed E-state index contributed by atoms with van der Waals surface area (Å²) in [7, 11) is 5.92. The lowest BCUT2D eigenvalue weighted by Gasteiger charge is -2.35. The number of likely N-dealkylation sites (N-methyl/N-ethyl adjacent to an activating group) is 2. The minimum absolute atomic E-state index is 0.421. The Kier molecular flexibility index (Phi) is 7.94. The Morgan fingerprint density at radius 2 is 1.87 bits per heavy atom. The highest BCUT2D eigenvalue weighted by molar-refractivity contribution is 5.92. The number of aromatic nitrogens is 2. The number of benzene rings is 1. The molecule has 3 rings (SSSR count). The van der Waals surface area contributed by atoms with E-state index in [1.807, 2.05) is 0 Å². The third-order valence-corrected chi connectivity index (χ3v) is 6.28. The van der Waals surface area contributed by atoms with Crippen LogP contribution < -0.4 is 15.0 Å². The standard InChI is InChI=1S/C24H40N6O/c1-8-29(14-13-28(5)6)24-26-21-15-18(4)22(31-7)16-20(21)23(27-24)25-19-9-11-30(12-10-19)17(2)3/h15-17,19H,8-14H2,1-7H3,(H,25,26,27). The number of nitrogens with one attached hydrogen (secondary N) is 1. The first kappa shape index (κ1) is 23.5. The van der Waals surface area contributed by atoms with E-state index in [1.165, 1.54) is 0 Å². The van der Waals surface area contributed by atoms with E-state index in [0.29, 0.717) is 12.1 Å². The van der Waals surface area contributed by atoms with Crippen LogP contribution >= 0.6 is 0 Å². The van der Waals surface area contributed by atoms with Crippen molar-refractivity contribution in [1.29, 1.82) is 0 Å². The molecule has 0 radical (unpaired) electrons. The van der Waals surface area contributed by atoms with Crippen molar-refractivity contribution in [1.82, 2.24) is 19.8 Å². The molecule has 0 bridgehead atoms. The number of hydrogen-bond acceptors (Lipinski definition) is 7. The molecule has 0 spiro atoms. The molecular weight excluding hydrogens is 388 g/mol. The number of nitrogens with zero attached hydrogens (tertiary/aromatic N) is 5. The molecule has 1 aromatic heterocycles. The molecule has 0 atom stereocenters. The highest BCUT2D eigenvalue weighted by Gasteiger charge is 2.23. The van der Waals surface area contributed by atoms with Gasteiger partial charge < -0.3 is 24.8 Å². The maximum Gasteiger partial charge on any atom is 0.227 e. The largest absolute Gasteiger partial charge is 0.496 e. The molecule has 1 N–H and O–H groups in total. The van der Waals surface area contributed by atoms with E-state index >= 15 is 0 Å². The van der Waals surface area contributed by atoms with Gasteiger partial charge in [0, 0.05) is 50.2 Å². The summed E-state index contributed by atoms with van der Waals surface area (Å²) in [5, 5.41) is 4.80. The van der Waals surface area contributed by atoms with Crippen molar-refractivity contribution in [3.63, 3.8) is 0 Å². The number of ether oxygens (including phenoxy) is 1. The number of anilines is 2. The van der Waals surface area contributed by atoms with E-state index in [4.69, 9.17) is 14.7 Å². The minimum atomic E-state index is 0.421. The highest BCUT2D eigenvalue weighted by Crippen LogP contribution is 2.31. The predicted molar refractivity (Wildman–Crippen MR) is 131 cm³/mol. The van der Waals surface area contributed by atoms with Crippen molar-refractivity contribution < 1.29 is 4.74 Å². The normalized spacial score (nSPS) is 15.8. The Bertz CT molecular complexity index is 861. The quantitative estimate of drug-likeness (QED) is 0.655. The van der Waals surface area contributed by atoms with Gasteiger partial charge in [0.05, 0.1) is 12.6 Å². The van der Waals surface area contributed by atoms with Gasteiger partial charge in [0.25, 0.3) is 0 Å². The summed E-state index contributed by atoms with van der Waals surface area (Å²) in [4.78, 5) is 17.0.